The predicted molar refractivity (Wildman–Crippen MR) is 120 cm³/mol. The second-order valence-electron chi connectivity index (χ2n) is 7.98. The highest BCUT2D eigenvalue weighted by atomic mass is 35.5. The Labute approximate surface area is 186 Å². The number of aryl methyl sites for hydroxylation is 2. The number of amides is 1. The third kappa shape index (κ3) is 4.77. The highest BCUT2D eigenvalue weighted by Crippen LogP contribution is 2.28. The van der Waals surface area contributed by atoms with Gasteiger partial charge in [-0.2, -0.15) is 4.98 Å². The molecule has 1 aliphatic rings. The topological polar surface area (TPSA) is 69.5 Å². The van der Waals surface area contributed by atoms with Crippen molar-refractivity contribution in [3.8, 4) is 11.6 Å². The molecule has 0 unspecified atom stereocenters. The van der Waals surface area contributed by atoms with E-state index in [4.69, 9.17) is 21.1 Å². The molecule has 3 heterocycles. The maximum absolute atomic E-state index is 12.4. The largest absolute Gasteiger partial charge is 0.497 e. The third-order valence-electron chi connectivity index (χ3n) is 5.90. The maximum Gasteiger partial charge on any atom is 0.241 e. The molecule has 0 radical (unpaired) electrons. The van der Waals surface area contributed by atoms with Crippen LogP contribution in [-0.2, 0) is 18.3 Å². The van der Waals surface area contributed by atoms with Crippen molar-refractivity contribution in [3.05, 3.63) is 46.9 Å². The van der Waals surface area contributed by atoms with E-state index in [2.05, 4.69) is 9.97 Å². The number of halogens is 1. The van der Waals surface area contributed by atoms with Crippen LogP contribution in [0.1, 0.15) is 24.2 Å². The van der Waals surface area contributed by atoms with Gasteiger partial charge in [-0.15, -0.1) is 0 Å². The van der Waals surface area contributed by atoms with E-state index in [1.807, 2.05) is 47.7 Å². The van der Waals surface area contributed by atoms with Gasteiger partial charge >= 0.3 is 0 Å². The monoisotopic (exact) mass is 442 g/mol. The number of likely N-dealkylation sites (tertiary alicyclic amines) is 1. The van der Waals surface area contributed by atoms with E-state index in [1.165, 1.54) is 5.56 Å². The predicted octanol–water partition coefficient (Wildman–Crippen LogP) is 3.80. The first-order valence-electron chi connectivity index (χ1n) is 10.5. The molecule has 0 aliphatic carbocycles. The minimum absolute atomic E-state index is 0.212. The Morgan fingerprint density at radius 2 is 2.00 bits per heavy atom. The number of nitrogens with zero attached hydrogens (tertiary/aromatic N) is 4. The Kier molecular flexibility index (Phi) is 6.32. The van der Waals surface area contributed by atoms with Crippen LogP contribution in [-0.4, -0.2) is 52.1 Å². The lowest BCUT2D eigenvalue weighted by molar-refractivity contribution is -0.127. The minimum atomic E-state index is 0.212. The van der Waals surface area contributed by atoms with E-state index in [1.54, 1.807) is 13.2 Å². The number of fused-ring (bicyclic) bond motifs is 1. The SMILES string of the molecule is COc1ccc(CCN2C[C@H](CCOc3nc(Cl)cc4nc(C)n(C)c34)CC2=O)cc1. The molecule has 8 heteroatoms. The van der Waals surface area contributed by atoms with Crippen molar-refractivity contribution in [3.63, 3.8) is 0 Å². The quantitative estimate of drug-likeness (QED) is 0.496. The molecule has 7 nitrogen and oxygen atoms in total. The van der Waals surface area contributed by atoms with Crippen molar-refractivity contribution in [2.24, 2.45) is 13.0 Å². The van der Waals surface area contributed by atoms with Crippen LogP contribution in [0.15, 0.2) is 30.3 Å². The van der Waals surface area contributed by atoms with Gasteiger partial charge in [-0.05, 0) is 43.4 Å². The van der Waals surface area contributed by atoms with Gasteiger partial charge in [-0.3, -0.25) is 4.79 Å². The Balaban J connectivity index is 1.30. The lowest BCUT2D eigenvalue weighted by Crippen LogP contribution is -2.27. The van der Waals surface area contributed by atoms with Gasteiger partial charge < -0.3 is 18.9 Å². The lowest BCUT2D eigenvalue weighted by atomic mass is 10.1. The molecule has 0 saturated carbocycles. The van der Waals surface area contributed by atoms with Crippen LogP contribution >= 0.6 is 11.6 Å². The lowest BCUT2D eigenvalue weighted by Gasteiger charge is -2.17. The number of ether oxygens (including phenoxy) is 2. The van der Waals surface area contributed by atoms with E-state index in [-0.39, 0.29) is 11.8 Å². The van der Waals surface area contributed by atoms with Crippen LogP contribution in [0.5, 0.6) is 11.6 Å². The van der Waals surface area contributed by atoms with Gasteiger partial charge in [0.05, 0.1) is 19.2 Å². The minimum Gasteiger partial charge on any atom is -0.497 e. The van der Waals surface area contributed by atoms with Crippen molar-refractivity contribution in [1.82, 2.24) is 19.4 Å². The highest BCUT2D eigenvalue weighted by molar-refractivity contribution is 6.30. The smallest absolute Gasteiger partial charge is 0.241 e. The molecule has 1 aliphatic heterocycles. The number of benzene rings is 1. The number of methoxy groups -OCH3 is 1. The number of imidazole rings is 1. The van der Waals surface area contributed by atoms with Gasteiger partial charge in [0.1, 0.15) is 22.2 Å². The van der Waals surface area contributed by atoms with Gasteiger partial charge in [0.15, 0.2) is 0 Å². The summed E-state index contributed by atoms with van der Waals surface area (Å²) < 4.78 is 13.1. The molecule has 4 rings (SSSR count). The molecule has 2 aromatic heterocycles. The summed E-state index contributed by atoms with van der Waals surface area (Å²) in [5.74, 6) is 2.70. The Hall–Kier alpha value is -2.80. The van der Waals surface area contributed by atoms with E-state index in [9.17, 15) is 4.79 Å². The highest BCUT2D eigenvalue weighted by Gasteiger charge is 2.29. The normalized spacial score (nSPS) is 16.3. The zero-order valence-corrected chi connectivity index (χ0v) is 18.9. The first-order chi connectivity index (χ1) is 14.9. The second kappa shape index (κ2) is 9.14. The molecule has 1 saturated heterocycles. The van der Waals surface area contributed by atoms with Crippen LogP contribution in [0.25, 0.3) is 11.0 Å². The molecule has 0 bridgehead atoms. The molecule has 0 N–H and O–H groups in total. The number of rotatable bonds is 8. The molecule has 164 valence electrons. The summed E-state index contributed by atoms with van der Waals surface area (Å²) in [6, 6.07) is 9.73. The molecule has 3 aromatic rings. The van der Waals surface area contributed by atoms with Gasteiger partial charge in [-0.1, -0.05) is 23.7 Å². The van der Waals surface area contributed by atoms with Crippen molar-refractivity contribution in [2.45, 2.75) is 26.2 Å². The van der Waals surface area contributed by atoms with E-state index < -0.39 is 0 Å². The standard InChI is InChI=1S/C23H27ClN4O3/c1-15-25-19-13-20(24)26-23(22(19)27(15)2)31-11-9-17-12-21(29)28(14-17)10-8-16-4-6-18(30-3)7-5-16/h4-7,13,17H,8-12,14H2,1-3H3/t17-/m1/s1. The Morgan fingerprint density at radius 3 is 2.74 bits per heavy atom. The van der Waals surface area contributed by atoms with E-state index in [0.717, 1.165) is 48.5 Å². The fourth-order valence-corrected chi connectivity index (χ4v) is 4.21. The van der Waals surface area contributed by atoms with Crippen LogP contribution < -0.4 is 9.47 Å². The number of hydrogen-bond acceptors (Lipinski definition) is 5. The Morgan fingerprint density at radius 1 is 1.23 bits per heavy atom. The third-order valence-corrected chi connectivity index (χ3v) is 6.09. The van der Waals surface area contributed by atoms with Crippen molar-refractivity contribution >= 4 is 28.5 Å². The fourth-order valence-electron chi connectivity index (χ4n) is 4.03. The number of hydrogen-bond donors (Lipinski definition) is 0. The van der Waals surface area contributed by atoms with Gasteiger partial charge in [0.25, 0.3) is 0 Å². The van der Waals surface area contributed by atoms with Crippen LogP contribution in [0.2, 0.25) is 5.15 Å². The number of carbonyl (C=O) groups is 1. The van der Waals surface area contributed by atoms with Gasteiger partial charge in [0.2, 0.25) is 11.8 Å². The summed E-state index contributed by atoms with van der Waals surface area (Å²) in [4.78, 5) is 23.2. The average Bonchev–Trinajstić information content (AvgIpc) is 3.25. The first-order valence-corrected chi connectivity index (χ1v) is 10.9. The van der Waals surface area contributed by atoms with Crippen molar-refractivity contribution < 1.29 is 14.3 Å². The summed E-state index contributed by atoms with van der Waals surface area (Å²) in [5, 5.41) is 0.362. The molecule has 1 aromatic carbocycles. The van der Waals surface area contributed by atoms with E-state index in [0.29, 0.717) is 24.1 Å². The zero-order chi connectivity index (χ0) is 22.0. The summed E-state index contributed by atoms with van der Waals surface area (Å²) in [7, 11) is 3.59. The summed E-state index contributed by atoms with van der Waals surface area (Å²) in [6.45, 7) is 3.91. The molecular weight excluding hydrogens is 416 g/mol. The zero-order valence-electron chi connectivity index (χ0n) is 18.1. The van der Waals surface area contributed by atoms with Crippen LogP contribution in [0, 0.1) is 12.8 Å². The first kappa shape index (κ1) is 21.4. The molecule has 1 fully saturated rings. The average molecular weight is 443 g/mol. The van der Waals surface area contributed by atoms with E-state index >= 15 is 0 Å². The van der Waals surface area contributed by atoms with Crippen molar-refractivity contribution in [2.75, 3.05) is 26.8 Å². The Bertz CT molecular complexity index is 1080. The molecular formula is C23H27ClN4O3. The summed E-state index contributed by atoms with van der Waals surface area (Å²) in [6.07, 6.45) is 2.19. The number of pyridine rings is 1. The van der Waals surface area contributed by atoms with Crippen LogP contribution in [0.3, 0.4) is 0 Å². The molecule has 0 spiro atoms. The molecule has 31 heavy (non-hydrogen) atoms. The van der Waals surface area contributed by atoms with Gasteiger partial charge in [-0.25, -0.2) is 4.98 Å². The fraction of sp³-hybridized carbons (Fsp3) is 0.435. The maximum atomic E-state index is 12.4. The van der Waals surface area contributed by atoms with Gasteiger partial charge in [0, 0.05) is 32.6 Å². The summed E-state index contributed by atoms with van der Waals surface area (Å²) >= 11 is 6.13. The molecule has 1 atom stereocenters. The van der Waals surface area contributed by atoms with Crippen LogP contribution in [0.4, 0.5) is 0 Å². The summed E-state index contributed by atoms with van der Waals surface area (Å²) in [5.41, 5.74) is 2.81. The second-order valence-corrected chi connectivity index (χ2v) is 8.37. The number of carbonyl (C=O) groups excluding carboxylic acids is 1. The molecule has 1 amide bonds. The van der Waals surface area contributed by atoms with Crippen molar-refractivity contribution in [1.29, 1.82) is 0 Å². The number of aromatic nitrogens is 3.